The number of fused-ring (bicyclic) bond motifs is 1. The van der Waals surface area contributed by atoms with Crippen molar-refractivity contribution in [2.24, 2.45) is 12.8 Å². The summed E-state index contributed by atoms with van der Waals surface area (Å²) < 4.78 is 15.7. The number of aryl methyl sites for hydroxylation is 1. The first-order valence-corrected chi connectivity index (χ1v) is 7.11. The Morgan fingerprint density at radius 1 is 1.26 bits per heavy atom. The van der Waals surface area contributed by atoms with Crippen molar-refractivity contribution >= 4 is 10.9 Å². The smallest absolute Gasteiger partial charge is 0.123 e. The van der Waals surface area contributed by atoms with Gasteiger partial charge in [0.1, 0.15) is 5.82 Å². The molecule has 1 aliphatic rings. The highest BCUT2D eigenvalue weighted by atomic mass is 19.1. The zero-order valence-corrected chi connectivity index (χ0v) is 11.5. The van der Waals surface area contributed by atoms with Gasteiger partial charge < -0.3 is 10.3 Å². The summed E-state index contributed by atoms with van der Waals surface area (Å²) in [7, 11) is 2.02. The van der Waals surface area contributed by atoms with Gasteiger partial charge in [-0.15, -0.1) is 0 Å². The van der Waals surface area contributed by atoms with Crippen LogP contribution in [0.1, 0.15) is 37.7 Å². The molecule has 0 aliphatic heterocycles. The van der Waals surface area contributed by atoms with Gasteiger partial charge in [-0.1, -0.05) is 19.3 Å². The Morgan fingerprint density at radius 2 is 2.00 bits per heavy atom. The summed E-state index contributed by atoms with van der Waals surface area (Å²) in [4.78, 5) is 0. The molecule has 0 atom stereocenters. The Kier molecular flexibility index (Phi) is 3.09. The van der Waals surface area contributed by atoms with Crippen molar-refractivity contribution in [1.82, 2.24) is 4.57 Å². The highest BCUT2D eigenvalue weighted by Gasteiger charge is 2.34. The minimum absolute atomic E-state index is 0.0472. The fourth-order valence-corrected chi connectivity index (χ4v) is 3.60. The molecule has 2 nitrogen and oxygen atoms in total. The maximum Gasteiger partial charge on any atom is 0.123 e. The molecule has 1 aromatic heterocycles. The molecule has 1 fully saturated rings. The SMILES string of the molecule is Cn1cc(C2(CN)CCCCC2)c2cc(F)ccc21. The number of aromatic nitrogens is 1. The number of rotatable bonds is 2. The van der Waals surface area contributed by atoms with E-state index in [1.165, 1.54) is 30.9 Å². The summed E-state index contributed by atoms with van der Waals surface area (Å²) >= 11 is 0. The number of halogens is 1. The summed E-state index contributed by atoms with van der Waals surface area (Å²) in [6, 6.07) is 5.06. The third-order valence-electron chi connectivity index (χ3n) is 4.72. The van der Waals surface area contributed by atoms with E-state index in [9.17, 15) is 4.39 Å². The minimum atomic E-state index is -0.164. The summed E-state index contributed by atoms with van der Waals surface area (Å²) in [6.45, 7) is 0.655. The standard InChI is InChI=1S/C16H21FN2/c1-19-10-14(13-9-12(17)5-6-15(13)19)16(11-18)7-3-2-4-8-16/h5-6,9-10H,2-4,7-8,11,18H2,1H3. The second-order valence-corrected chi connectivity index (χ2v) is 5.86. The van der Waals surface area contributed by atoms with Gasteiger partial charge in [0.25, 0.3) is 0 Å². The quantitative estimate of drug-likeness (QED) is 0.880. The molecular formula is C16H21FN2. The second kappa shape index (κ2) is 4.64. The molecule has 3 heteroatoms. The average molecular weight is 260 g/mol. The summed E-state index contributed by atoms with van der Waals surface area (Å²) in [5.41, 5.74) is 8.49. The summed E-state index contributed by atoms with van der Waals surface area (Å²) in [6.07, 6.45) is 8.15. The first-order valence-electron chi connectivity index (χ1n) is 7.11. The predicted octanol–water partition coefficient (Wildman–Crippen LogP) is 3.48. The molecular weight excluding hydrogens is 239 g/mol. The lowest BCUT2D eigenvalue weighted by Crippen LogP contribution is -2.37. The highest BCUT2D eigenvalue weighted by molar-refractivity contribution is 5.85. The minimum Gasteiger partial charge on any atom is -0.350 e. The number of benzene rings is 1. The Hall–Kier alpha value is -1.35. The largest absolute Gasteiger partial charge is 0.350 e. The van der Waals surface area contributed by atoms with Crippen molar-refractivity contribution in [3.8, 4) is 0 Å². The molecule has 1 aliphatic carbocycles. The van der Waals surface area contributed by atoms with Gasteiger partial charge >= 0.3 is 0 Å². The molecule has 1 aromatic carbocycles. The lowest BCUT2D eigenvalue weighted by molar-refractivity contribution is 0.302. The zero-order chi connectivity index (χ0) is 13.5. The van der Waals surface area contributed by atoms with E-state index in [1.807, 2.05) is 13.1 Å². The lowest BCUT2D eigenvalue weighted by Gasteiger charge is -2.36. The summed E-state index contributed by atoms with van der Waals surface area (Å²) in [5, 5.41) is 1.04. The van der Waals surface area contributed by atoms with Crippen LogP contribution in [-0.4, -0.2) is 11.1 Å². The van der Waals surface area contributed by atoms with E-state index in [-0.39, 0.29) is 11.2 Å². The van der Waals surface area contributed by atoms with Gasteiger partial charge in [-0.25, -0.2) is 4.39 Å². The van der Waals surface area contributed by atoms with Crippen molar-refractivity contribution in [3.05, 3.63) is 35.8 Å². The van der Waals surface area contributed by atoms with Crippen LogP contribution in [0.3, 0.4) is 0 Å². The number of nitrogens with two attached hydrogens (primary N) is 1. The molecule has 0 bridgehead atoms. The van der Waals surface area contributed by atoms with Gasteiger partial charge in [0.15, 0.2) is 0 Å². The maximum absolute atomic E-state index is 13.6. The number of hydrogen-bond donors (Lipinski definition) is 1. The Balaban J connectivity index is 2.20. The molecule has 3 rings (SSSR count). The monoisotopic (exact) mass is 260 g/mol. The van der Waals surface area contributed by atoms with Crippen LogP contribution in [-0.2, 0) is 12.5 Å². The zero-order valence-electron chi connectivity index (χ0n) is 11.5. The van der Waals surface area contributed by atoms with Crippen LogP contribution in [0.15, 0.2) is 24.4 Å². The van der Waals surface area contributed by atoms with Gasteiger partial charge in [0.05, 0.1) is 0 Å². The van der Waals surface area contributed by atoms with Crippen molar-refractivity contribution in [2.75, 3.05) is 6.54 Å². The second-order valence-electron chi connectivity index (χ2n) is 5.86. The van der Waals surface area contributed by atoms with E-state index in [0.717, 1.165) is 23.7 Å². The van der Waals surface area contributed by atoms with Gasteiger partial charge in [0, 0.05) is 36.1 Å². The molecule has 0 spiro atoms. The van der Waals surface area contributed by atoms with Crippen LogP contribution >= 0.6 is 0 Å². The van der Waals surface area contributed by atoms with Crippen LogP contribution < -0.4 is 5.73 Å². The maximum atomic E-state index is 13.6. The lowest BCUT2D eigenvalue weighted by atomic mass is 9.69. The van der Waals surface area contributed by atoms with Gasteiger partial charge in [-0.3, -0.25) is 0 Å². The van der Waals surface area contributed by atoms with Crippen LogP contribution in [0.25, 0.3) is 10.9 Å². The van der Waals surface area contributed by atoms with E-state index in [4.69, 9.17) is 5.73 Å². The van der Waals surface area contributed by atoms with E-state index in [0.29, 0.717) is 6.54 Å². The van der Waals surface area contributed by atoms with Crippen LogP contribution in [0.4, 0.5) is 4.39 Å². The first-order chi connectivity index (χ1) is 9.16. The molecule has 0 amide bonds. The normalized spacial score (nSPS) is 18.9. The molecule has 19 heavy (non-hydrogen) atoms. The molecule has 0 unspecified atom stereocenters. The van der Waals surface area contributed by atoms with Gasteiger partial charge in [-0.05, 0) is 36.6 Å². The number of hydrogen-bond acceptors (Lipinski definition) is 1. The van der Waals surface area contributed by atoms with E-state index in [2.05, 4.69) is 10.8 Å². The van der Waals surface area contributed by atoms with Crippen molar-refractivity contribution < 1.29 is 4.39 Å². The predicted molar refractivity (Wildman–Crippen MR) is 76.7 cm³/mol. The van der Waals surface area contributed by atoms with E-state index < -0.39 is 0 Å². The fraction of sp³-hybridized carbons (Fsp3) is 0.500. The van der Waals surface area contributed by atoms with Crippen molar-refractivity contribution in [3.63, 3.8) is 0 Å². The Morgan fingerprint density at radius 3 is 2.68 bits per heavy atom. The average Bonchev–Trinajstić information content (AvgIpc) is 2.77. The van der Waals surface area contributed by atoms with Crippen LogP contribution in [0, 0.1) is 5.82 Å². The fourth-order valence-electron chi connectivity index (χ4n) is 3.60. The molecule has 1 heterocycles. The van der Waals surface area contributed by atoms with Crippen molar-refractivity contribution in [2.45, 2.75) is 37.5 Å². The third kappa shape index (κ3) is 1.96. The molecule has 0 radical (unpaired) electrons. The molecule has 2 N–H and O–H groups in total. The molecule has 0 saturated heterocycles. The Bertz CT molecular complexity index is 594. The van der Waals surface area contributed by atoms with Crippen molar-refractivity contribution in [1.29, 1.82) is 0 Å². The van der Waals surface area contributed by atoms with E-state index in [1.54, 1.807) is 6.07 Å². The van der Waals surface area contributed by atoms with Crippen LogP contribution in [0.2, 0.25) is 0 Å². The molecule has 1 saturated carbocycles. The first kappa shape index (κ1) is 12.7. The number of nitrogens with zero attached hydrogens (tertiary/aromatic N) is 1. The topological polar surface area (TPSA) is 30.9 Å². The van der Waals surface area contributed by atoms with Crippen LogP contribution in [0.5, 0.6) is 0 Å². The Labute approximate surface area is 113 Å². The summed E-state index contributed by atoms with van der Waals surface area (Å²) in [5.74, 6) is -0.164. The van der Waals surface area contributed by atoms with E-state index >= 15 is 0 Å². The van der Waals surface area contributed by atoms with Gasteiger partial charge in [0.2, 0.25) is 0 Å². The third-order valence-corrected chi connectivity index (χ3v) is 4.72. The molecule has 102 valence electrons. The van der Waals surface area contributed by atoms with Gasteiger partial charge in [-0.2, -0.15) is 0 Å². The highest BCUT2D eigenvalue weighted by Crippen LogP contribution is 2.42. The molecule has 2 aromatic rings.